The second-order valence-electron chi connectivity index (χ2n) is 3.09. The predicted octanol–water partition coefficient (Wildman–Crippen LogP) is 3.92. The summed E-state index contributed by atoms with van der Waals surface area (Å²) in [6, 6.07) is 6.38. The molecule has 0 heterocycles. The molecule has 1 aromatic carbocycles. The number of halogens is 1. The van der Waals surface area contributed by atoms with Crippen LogP contribution in [0.4, 0.5) is 5.69 Å². The quantitative estimate of drug-likeness (QED) is 0.817. The van der Waals surface area contributed by atoms with Crippen molar-refractivity contribution in [1.82, 2.24) is 0 Å². The molecule has 0 radical (unpaired) electrons. The van der Waals surface area contributed by atoms with E-state index in [9.17, 15) is 0 Å². The number of hydrogen-bond donors (Lipinski definition) is 1. The highest BCUT2D eigenvalue weighted by atomic mass is 79.9. The highest BCUT2D eigenvalue weighted by molar-refractivity contribution is 9.10. The number of aryl methyl sites for hydroxylation is 1. The Bertz CT molecular complexity index is 289. The first-order valence-electron chi connectivity index (χ1n) is 4.82. The lowest BCUT2D eigenvalue weighted by molar-refractivity contribution is 1.22. The van der Waals surface area contributed by atoms with E-state index in [-0.39, 0.29) is 0 Å². The summed E-state index contributed by atoms with van der Waals surface area (Å²) in [7, 11) is 0. The van der Waals surface area contributed by atoms with Crippen LogP contribution < -0.4 is 5.32 Å². The second kappa shape index (κ2) is 6.36. The Labute approximate surface area is 98.8 Å². The van der Waals surface area contributed by atoms with Crippen molar-refractivity contribution in [2.75, 3.05) is 23.4 Å². The molecule has 0 amide bonds. The fourth-order valence-electron chi connectivity index (χ4n) is 1.11. The van der Waals surface area contributed by atoms with E-state index in [0.717, 1.165) is 6.54 Å². The molecular weight excluding hydrogens is 258 g/mol. The molecule has 3 heteroatoms. The third kappa shape index (κ3) is 3.93. The number of rotatable bonds is 5. The van der Waals surface area contributed by atoms with Crippen molar-refractivity contribution in [2.24, 2.45) is 0 Å². The zero-order valence-corrected chi connectivity index (χ0v) is 11.0. The average molecular weight is 274 g/mol. The van der Waals surface area contributed by atoms with E-state index in [4.69, 9.17) is 0 Å². The van der Waals surface area contributed by atoms with Gasteiger partial charge in [-0.05, 0) is 30.4 Å². The van der Waals surface area contributed by atoms with Crippen LogP contribution in [0.25, 0.3) is 0 Å². The SMILES string of the molecule is CCSCCNc1ccc(C)c(Br)c1. The van der Waals surface area contributed by atoms with Gasteiger partial charge in [0.25, 0.3) is 0 Å². The van der Waals surface area contributed by atoms with Gasteiger partial charge >= 0.3 is 0 Å². The van der Waals surface area contributed by atoms with E-state index < -0.39 is 0 Å². The Kier molecular flexibility index (Phi) is 5.41. The van der Waals surface area contributed by atoms with Gasteiger partial charge in [0.05, 0.1) is 0 Å². The molecule has 78 valence electrons. The van der Waals surface area contributed by atoms with Crippen LogP contribution in [0.2, 0.25) is 0 Å². The van der Waals surface area contributed by atoms with Crippen molar-refractivity contribution in [3.8, 4) is 0 Å². The Morgan fingerprint density at radius 2 is 2.21 bits per heavy atom. The van der Waals surface area contributed by atoms with E-state index in [1.54, 1.807) is 0 Å². The summed E-state index contributed by atoms with van der Waals surface area (Å²) in [5.41, 5.74) is 2.47. The summed E-state index contributed by atoms with van der Waals surface area (Å²) in [5, 5.41) is 3.40. The van der Waals surface area contributed by atoms with Gasteiger partial charge in [-0.15, -0.1) is 0 Å². The minimum absolute atomic E-state index is 1.04. The van der Waals surface area contributed by atoms with Gasteiger partial charge in [0, 0.05) is 22.5 Å². The van der Waals surface area contributed by atoms with Crippen LogP contribution in [-0.2, 0) is 0 Å². The summed E-state index contributed by atoms with van der Waals surface area (Å²) < 4.78 is 1.17. The van der Waals surface area contributed by atoms with Gasteiger partial charge in [-0.2, -0.15) is 11.8 Å². The fraction of sp³-hybridized carbons (Fsp3) is 0.455. The van der Waals surface area contributed by atoms with Gasteiger partial charge in [0.2, 0.25) is 0 Å². The number of benzene rings is 1. The Balaban J connectivity index is 2.39. The molecule has 0 unspecified atom stereocenters. The third-order valence-electron chi connectivity index (χ3n) is 1.95. The lowest BCUT2D eigenvalue weighted by Gasteiger charge is -2.07. The van der Waals surface area contributed by atoms with Gasteiger partial charge in [-0.1, -0.05) is 28.9 Å². The van der Waals surface area contributed by atoms with Crippen LogP contribution in [0.3, 0.4) is 0 Å². The molecule has 1 rings (SSSR count). The first kappa shape index (κ1) is 11.9. The highest BCUT2D eigenvalue weighted by Gasteiger charge is 1.96. The molecule has 1 N–H and O–H groups in total. The van der Waals surface area contributed by atoms with Crippen LogP contribution in [-0.4, -0.2) is 18.1 Å². The van der Waals surface area contributed by atoms with Crippen LogP contribution in [0.5, 0.6) is 0 Å². The molecule has 0 aliphatic carbocycles. The molecular formula is C11H16BrNS. The Morgan fingerprint density at radius 3 is 2.86 bits per heavy atom. The molecule has 14 heavy (non-hydrogen) atoms. The van der Waals surface area contributed by atoms with Crippen LogP contribution >= 0.6 is 27.7 Å². The molecule has 0 spiro atoms. The highest BCUT2D eigenvalue weighted by Crippen LogP contribution is 2.20. The maximum Gasteiger partial charge on any atom is 0.0351 e. The minimum Gasteiger partial charge on any atom is -0.384 e. The van der Waals surface area contributed by atoms with Gasteiger partial charge in [0.1, 0.15) is 0 Å². The topological polar surface area (TPSA) is 12.0 Å². The molecule has 0 aromatic heterocycles. The Morgan fingerprint density at radius 1 is 1.43 bits per heavy atom. The lowest BCUT2D eigenvalue weighted by atomic mass is 10.2. The molecule has 0 aliphatic heterocycles. The largest absolute Gasteiger partial charge is 0.384 e. The zero-order chi connectivity index (χ0) is 10.4. The fourth-order valence-corrected chi connectivity index (χ4v) is 2.03. The summed E-state index contributed by atoms with van der Waals surface area (Å²) in [4.78, 5) is 0. The smallest absolute Gasteiger partial charge is 0.0351 e. The summed E-state index contributed by atoms with van der Waals surface area (Å²) in [6.45, 7) is 5.32. The standard InChI is InChI=1S/C11H16BrNS/c1-3-14-7-6-13-10-5-4-9(2)11(12)8-10/h4-5,8,13H,3,6-7H2,1-2H3. The number of hydrogen-bond acceptors (Lipinski definition) is 2. The summed E-state index contributed by atoms with van der Waals surface area (Å²) in [5.74, 6) is 2.36. The summed E-state index contributed by atoms with van der Waals surface area (Å²) >= 11 is 5.48. The third-order valence-corrected chi connectivity index (χ3v) is 3.71. The molecule has 1 nitrogen and oxygen atoms in total. The monoisotopic (exact) mass is 273 g/mol. The molecule has 0 atom stereocenters. The van der Waals surface area contributed by atoms with E-state index in [1.807, 2.05) is 11.8 Å². The van der Waals surface area contributed by atoms with E-state index in [2.05, 4.69) is 53.3 Å². The van der Waals surface area contributed by atoms with Gasteiger partial charge in [-0.3, -0.25) is 0 Å². The second-order valence-corrected chi connectivity index (χ2v) is 5.34. The molecule has 0 bridgehead atoms. The van der Waals surface area contributed by atoms with Crippen molar-refractivity contribution in [1.29, 1.82) is 0 Å². The van der Waals surface area contributed by atoms with Crippen molar-refractivity contribution in [3.05, 3.63) is 28.2 Å². The molecule has 0 fully saturated rings. The minimum atomic E-state index is 1.04. The van der Waals surface area contributed by atoms with Crippen LogP contribution in [0.15, 0.2) is 22.7 Å². The van der Waals surface area contributed by atoms with E-state index in [0.29, 0.717) is 0 Å². The zero-order valence-electron chi connectivity index (χ0n) is 8.64. The maximum absolute atomic E-state index is 3.52. The van der Waals surface area contributed by atoms with Gasteiger partial charge < -0.3 is 5.32 Å². The normalized spacial score (nSPS) is 10.2. The van der Waals surface area contributed by atoms with Crippen molar-refractivity contribution < 1.29 is 0 Å². The predicted molar refractivity (Wildman–Crippen MR) is 70.4 cm³/mol. The van der Waals surface area contributed by atoms with E-state index >= 15 is 0 Å². The first-order chi connectivity index (χ1) is 6.74. The van der Waals surface area contributed by atoms with Gasteiger partial charge in [0.15, 0.2) is 0 Å². The molecule has 0 aliphatic rings. The lowest BCUT2D eigenvalue weighted by Crippen LogP contribution is -2.04. The van der Waals surface area contributed by atoms with Crippen molar-refractivity contribution in [3.63, 3.8) is 0 Å². The first-order valence-corrected chi connectivity index (χ1v) is 6.76. The average Bonchev–Trinajstić information content (AvgIpc) is 2.18. The van der Waals surface area contributed by atoms with E-state index in [1.165, 1.54) is 27.2 Å². The van der Waals surface area contributed by atoms with Crippen LogP contribution in [0, 0.1) is 6.92 Å². The Hall–Kier alpha value is -0.150. The summed E-state index contributed by atoms with van der Waals surface area (Å²) in [6.07, 6.45) is 0. The molecule has 1 aromatic rings. The number of thioether (sulfide) groups is 1. The van der Waals surface area contributed by atoms with Crippen molar-refractivity contribution in [2.45, 2.75) is 13.8 Å². The number of anilines is 1. The number of nitrogens with one attached hydrogen (secondary N) is 1. The van der Waals surface area contributed by atoms with Crippen molar-refractivity contribution >= 4 is 33.4 Å². The molecule has 0 saturated carbocycles. The van der Waals surface area contributed by atoms with Crippen LogP contribution in [0.1, 0.15) is 12.5 Å². The van der Waals surface area contributed by atoms with Gasteiger partial charge in [-0.25, -0.2) is 0 Å². The maximum atomic E-state index is 3.52. The molecule has 0 saturated heterocycles.